The van der Waals surface area contributed by atoms with E-state index < -0.39 is 5.91 Å². The van der Waals surface area contributed by atoms with Crippen LogP contribution in [0.1, 0.15) is 27.0 Å². The Hall–Kier alpha value is -3.45. The molecule has 0 heterocycles. The second-order valence-corrected chi connectivity index (χ2v) is 7.71. The van der Waals surface area contributed by atoms with Crippen molar-refractivity contribution in [1.29, 1.82) is 0 Å². The van der Waals surface area contributed by atoms with E-state index in [4.69, 9.17) is 4.74 Å². The van der Waals surface area contributed by atoms with Crippen molar-refractivity contribution in [3.8, 4) is 5.75 Å². The molecule has 0 atom stereocenters. The third-order valence-corrected chi connectivity index (χ3v) is 4.84. The average molecular weight is 480 g/mol. The summed E-state index contributed by atoms with van der Waals surface area (Å²) in [6.45, 7) is 2.14. The van der Waals surface area contributed by atoms with Crippen molar-refractivity contribution in [2.24, 2.45) is 5.10 Å². The Balaban J connectivity index is 1.50. The number of nitrogens with one attached hydrogen (secondary N) is 2. The van der Waals surface area contributed by atoms with Crippen molar-refractivity contribution in [3.63, 3.8) is 0 Å². The molecule has 2 N–H and O–H groups in total. The molecule has 158 valence electrons. The van der Waals surface area contributed by atoms with Gasteiger partial charge in [-0.25, -0.2) is 5.43 Å². The second kappa shape index (κ2) is 11.1. The molecule has 7 heteroatoms. The first kappa shape index (κ1) is 22.2. The molecule has 6 nitrogen and oxygen atoms in total. The molecule has 0 unspecified atom stereocenters. The van der Waals surface area contributed by atoms with Crippen molar-refractivity contribution in [2.45, 2.75) is 13.5 Å². The van der Waals surface area contributed by atoms with Gasteiger partial charge in [-0.2, -0.15) is 5.10 Å². The molecular weight excluding hydrogens is 458 g/mol. The number of hydrazone groups is 1. The second-order valence-electron chi connectivity index (χ2n) is 6.80. The number of hydrogen-bond acceptors (Lipinski definition) is 4. The lowest BCUT2D eigenvalue weighted by molar-refractivity contribution is -0.120. The molecule has 0 saturated heterocycles. The smallest absolute Gasteiger partial charge is 0.259 e. The number of benzene rings is 3. The monoisotopic (exact) mass is 479 g/mol. The Kier molecular flexibility index (Phi) is 7.95. The van der Waals surface area contributed by atoms with Gasteiger partial charge in [0.25, 0.3) is 11.8 Å². The van der Waals surface area contributed by atoms with Crippen molar-refractivity contribution in [1.82, 2.24) is 10.7 Å². The van der Waals surface area contributed by atoms with E-state index in [2.05, 4.69) is 31.8 Å². The minimum atomic E-state index is -0.425. The first-order valence-corrected chi connectivity index (χ1v) is 10.4. The van der Waals surface area contributed by atoms with E-state index in [0.717, 1.165) is 21.2 Å². The van der Waals surface area contributed by atoms with Gasteiger partial charge in [-0.15, -0.1) is 0 Å². The number of nitrogens with zero attached hydrogens (tertiary/aromatic N) is 1. The molecule has 3 aromatic carbocycles. The number of aryl methyl sites for hydroxylation is 1. The predicted molar refractivity (Wildman–Crippen MR) is 124 cm³/mol. The number of hydrogen-bond donors (Lipinski definition) is 2. The average Bonchev–Trinajstić information content (AvgIpc) is 2.78. The van der Waals surface area contributed by atoms with Crippen molar-refractivity contribution >= 4 is 34.0 Å². The van der Waals surface area contributed by atoms with Crippen LogP contribution in [0.25, 0.3) is 0 Å². The van der Waals surface area contributed by atoms with Crippen LogP contribution in [-0.2, 0) is 11.4 Å². The maximum Gasteiger partial charge on any atom is 0.259 e. The zero-order chi connectivity index (χ0) is 22.1. The highest BCUT2D eigenvalue weighted by Gasteiger charge is 2.08. The molecule has 0 bridgehead atoms. The maximum absolute atomic E-state index is 12.1. The van der Waals surface area contributed by atoms with E-state index in [1.54, 1.807) is 18.2 Å². The van der Waals surface area contributed by atoms with Gasteiger partial charge in [-0.05, 0) is 48.9 Å². The molecule has 2 amide bonds. The zero-order valence-corrected chi connectivity index (χ0v) is 18.6. The highest BCUT2D eigenvalue weighted by Crippen LogP contribution is 2.18. The van der Waals surface area contributed by atoms with E-state index in [1.165, 1.54) is 6.21 Å². The van der Waals surface area contributed by atoms with Crippen LogP contribution in [0.3, 0.4) is 0 Å². The van der Waals surface area contributed by atoms with Crippen molar-refractivity contribution in [2.75, 3.05) is 6.54 Å². The summed E-state index contributed by atoms with van der Waals surface area (Å²) >= 11 is 3.41. The third kappa shape index (κ3) is 7.08. The summed E-state index contributed by atoms with van der Waals surface area (Å²) in [5.41, 5.74) is 5.65. The number of amides is 2. The van der Waals surface area contributed by atoms with Crippen LogP contribution < -0.4 is 15.5 Å². The van der Waals surface area contributed by atoms with Gasteiger partial charge in [0, 0.05) is 15.6 Å². The van der Waals surface area contributed by atoms with Crippen LogP contribution in [-0.4, -0.2) is 24.6 Å². The molecule has 0 aliphatic rings. The molecule has 0 fully saturated rings. The Morgan fingerprint density at radius 2 is 1.81 bits per heavy atom. The number of halogens is 1. The Bertz CT molecular complexity index is 1080. The van der Waals surface area contributed by atoms with Gasteiger partial charge >= 0.3 is 0 Å². The largest absolute Gasteiger partial charge is 0.488 e. The lowest BCUT2D eigenvalue weighted by Gasteiger charge is -2.09. The van der Waals surface area contributed by atoms with Crippen molar-refractivity contribution < 1.29 is 14.3 Å². The van der Waals surface area contributed by atoms with Crippen LogP contribution in [0.2, 0.25) is 0 Å². The van der Waals surface area contributed by atoms with E-state index in [1.807, 2.05) is 61.5 Å². The topological polar surface area (TPSA) is 79.8 Å². The highest BCUT2D eigenvalue weighted by molar-refractivity contribution is 9.10. The first-order chi connectivity index (χ1) is 15.0. The standard InChI is InChI=1S/C24H22BrN3O3/c1-17-5-4-7-19(13-17)24(30)26-15-23(29)28-27-14-20-6-2-3-8-22(20)31-16-18-9-11-21(25)12-10-18/h2-14H,15-16H2,1H3,(H,26,30)(H,28,29)/b27-14+. The summed E-state index contributed by atoms with van der Waals surface area (Å²) in [7, 11) is 0. The van der Waals surface area contributed by atoms with Gasteiger partial charge < -0.3 is 10.1 Å². The Labute approximate surface area is 189 Å². The molecule has 0 saturated carbocycles. The summed E-state index contributed by atoms with van der Waals surface area (Å²) in [6.07, 6.45) is 1.51. The van der Waals surface area contributed by atoms with Gasteiger partial charge in [0.2, 0.25) is 0 Å². The fourth-order valence-electron chi connectivity index (χ4n) is 2.72. The minimum absolute atomic E-state index is 0.175. The quantitative estimate of drug-likeness (QED) is 0.375. The van der Waals surface area contributed by atoms with Gasteiger partial charge in [0.1, 0.15) is 12.4 Å². The van der Waals surface area contributed by atoms with Crippen LogP contribution >= 0.6 is 15.9 Å². The SMILES string of the molecule is Cc1cccc(C(=O)NCC(=O)N/N=C/c2ccccc2OCc2ccc(Br)cc2)c1. The molecule has 31 heavy (non-hydrogen) atoms. The number of rotatable bonds is 8. The summed E-state index contributed by atoms with van der Waals surface area (Å²) in [5.74, 6) is -0.0869. The van der Waals surface area contributed by atoms with Gasteiger partial charge in [0.15, 0.2) is 0 Å². The Morgan fingerprint density at radius 1 is 1.03 bits per heavy atom. The van der Waals surface area contributed by atoms with Gasteiger partial charge in [-0.3, -0.25) is 9.59 Å². The predicted octanol–water partition coefficient (Wildman–Crippen LogP) is 4.22. The van der Waals surface area contributed by atoms with E-state index in [-0.39, 0.29) is 12.5 Å². The van der Waals surface area contributed by atoms with Crippen molar-refractivity contribution in [3.05, 3.63) is 99.5 Å². The summed E-state index contributed by atoms with van der Waals surface area (Å²) in [5, 5.41) is 6.55. The zero-order valence-electron chi connectivity index (χ0n) is 17.0. The molecule has 0 aromatic heterocycles. The Morgan fingerprint density at radius 3 is 2.58 bits per heavy atom. The normalized spacial score (nSPS) is 10.6. The number of para-hydroxylation sites is 1. The minimum Gasteiger partial charge on any atom is -0.488 e. The lowest BCUT2D eigenvalue weighted by atomic mass is 10.1. The molecule has 3 aromatic rings. The van der Waals surface area contributed by atoms with Crippen LogP contribution in [0.15, 0.2) is 82.4 Å². The van der Waals surface area contributed by atoms with Crippen LogP contribution in [0.5, 0.6) is 5.75 Å². The highest BCUT2D eigenvalue weighted by atomic mass is 79.9. The molecule has 0 spiro atoms. The third-order valence-electron chi connectivity index (χ3n) is 4.31. The van der Waals surface area contributed by atoms with Gasteiger partial charge in [-0.1, -0.05) is 57.9 Å². The van der Waals surface area contributed by atoms with Crippen LogP contribution in [0, 0.1) is 6.92 Å². The van der Waals surface area contributed by atoms with E-state index in [0.29, 0.717) is 17.9 Å². The summed E-state index contributed by atoms with van der Waals surface area (Å²) in [4.78, 5) is 24.1. The molecule has 0 aliphatic heterocycles. The molecule has 3 rings (SSSR count). The van der Waals surface area contributed by atoms with E-state index in [9.17, 15) is 9.59 Å². The van der Waals surface area contributed by atoms with Crippen LogP contribution in [0.4, 0.5) is 0 Å². The maximum atomic E-state index is 12.1. The van der Waals surface area contributed by atoms with Gasteiger partial charge in [0.05, 0.1) is 12.8 Å². The summed E-state index contributed by atoms with van der Waals surface area (Å²) in [6, 6.07) is 22.4. The fraction of sp³-hybridized carbons (Fsp3) is 0.125. The van der Waals surface area contributed by atoms with E-state index >= 15 is 0 Å². The number of ether oxygens (including phenoxy) is 1. The number of carbonyl (C=O) groups excluding carboxylic acids is 2. The lowest BCUT2D eigenvalue weighted by Crippen LogP contribution is -2.34. The number of carbonyl (C=O) groups is 2. The molecule has 0 aliphatic carbocycles. The molecular formula is C24H22BrN3O3. The first-order valence-electron chi connectivity index (χ1n) is 9.64. The molecule has 0 radical (unpaired) electrons. The fourth-order valence-corrected chi connectivity index (χ4v) is 2.99. The summed E-state index contributed by atoms with van der Waals surface area (Å²) < 4.78 is 6.89.